The van der Waals surface area contributed by atoms with Crippen molar-refractivity contribution in [1.29, 1.82) is 0 Å². The lowest BCUT2D eigenvalue weighted by Crippen LogP contribution is -2.41. The molecule has 0 N–H and O–H groups in total. The van der Waals surface area contributed by atoms with Gasteiger partial charge in [-0.2, -0.15) is 27.1 Å². The van der Waals surface area contributed by atoms with E-state index in [1.165, 1.54) is 31.1 Å². The van der Waals surface area contributed by atoms with Crippen LogP contribution in [0.4, 0.5) is 22.0 Å². The number of aromatic nitrogens is 5. The third-order valence-corrected chi connectivity index (χ3v) is 6.40. The number of fused-ring (bicyclic) bond motifs is 1. The van der Waals surface area contributed by atoms with Crippen molar-refractivity contribution in [1.82, 2.24) is 29.7 Å². The number of amides is 1. The van der Waals surface area contributed by atoms with Gasteiger partial charge in [0.25, 0.3) is 5.91 Å². The van der Waals surface area contributed by atoms with E-state index in [0.717, 1.165) is 16.6 Å². The molecule has 0 bridgehead atoms. The number of carbonyl (C=O) groups is 1. The van der Waals surface area contributed by atoms with Gasteiger partial charge >= 0.3 is 12.1 Å². The molecule has 3 rings (SSSR count). The molecule has 0 fully saturated rings. The Bertz CT molecular complexity index is 1430. The van der Waals surface area contributed by atoms with Crippen LogP contribution >= 0.6 is 0 Å². The highest BCUT2D eigenvalue weighted by Crippen LogP contribution is 2.36. The molecule has 10 nitrogen and oxygen atoms in total. The Morgan fingerprint density at radius 3 is 2.44 bits per heavy atom. The van der Waals surface area contributed by atoms with Gasteiger partial charge < -0.3 is 9.64 Å². The Labute approximate surface area is 201 Å². The first kappa shape index (κ1) is 26.7. The summed E-state index contributed by atoms with van der Waals surface area (Å²) < 4.78 is 94.1. The highest BCUT2D eigenvalue weighted by atomic mass is 32.2. The lowest BCUT2D eigenvalue weighted by molar-refractivity contribution is -0.290. The topological polar surface area (TPSA) is 120 Å². The van der Waals surface area contributed by atoms with Gasteiger partial charge in [-0.3, -0.25) is 4.79 Å². The van der Waals surface area contributed by atoms with Gasteiger partial charge in [0.2, 0.25) is 5.88 Å². The summed E-state index contributed by atoms with van der Waals surface area (Å²) in [7, 11) is -2.59. The van der Waals surface area contributed by atoms with Crippen LogP contribution < -0.4 is 4.74 Å². The maximum atomic E-state index is 13.1. The molecule has 0 atom stereocenters. The van der Waals surface area contributed by atoms with Crippen LogP contribution in [0.1, 0.15) is 17.4 Å². The lowest BCUT2D eigenvalue weighted by atomic mass is 10.2. The average molecular weight is 532 g/mol. The quantitative estimate of drug-likeness (QED) is 0.320. The number of alkyl halides is 5. The zero-order valence-electron chi connectivity index (χ0n) is 18.6. The van der Waals surface area contributed by atoms with E-state index in [2.05, 4.69) is 30.9 Å². The summed E-state index contributed by atoms with van der Waals surface area (Å²) in [5.74, 6) is -4.47. The molecular formula is C20H17F5N6O4S. The Morgan fingerprint density at radius 1 is 1.19 bits per heavy atom. The predicted molar refractivity (Wildman–Crippen MR) is 114 cm³/mol. The largest absolute Gasteiger partial charge is 0.470 e. The van der Waals surface area contributed by atoms with E-state index in [4.69, 9.17) is 6.42 Å². The summed E-state index contributed by atoms with van der Waals surface area (Å²) in [5, 5.41) is 10.7. The smallest absolute Gasteiger partial charge is 0.456 e. The minimum absolute atomic E-state index is 0.0444. The van der Waals surface area contributed by atoms with E-state index in [9.17, 15) is 35.2 Å². The summed E-state index contributed by atoms with van der Waals surface area (Å²) in [6, 6.07) is 3.31. The average Bonchev–Trinajstić information content (AvgIpc) is 3.23. The van der Waals surface area contributed by atoms with E-state index in [-0.39, 0.29) is 34.9 Å². The fourth-order valence-corrected chi connectivity index (χ4v) is 3.83. The number of sulfone groups is 1. The van der Waals surface area contributed by atoms with Crippen LogP contribution in [-0.4, -0.2) is 82.1 Å². The van der Waals surface area contributed by atoms with Gasteiger partial charge in [-0.05, 0) is 12.1 Å². The molecule has 0 aromatic carbocycles. The van der Waals surface area contributed by atoms with Crippen molar-refractivity contribution >= 4 is 21.4 Å². The van der Waals surface area contributed by atoms with Gasteiger partial charge in [0.1, 0.15) is 11.4 Å². The van der Waals surface area contributed by atoms with Crippen molar-refractivity contribution in [3.05, 3.63) is 30.1 Å². The first-order chi connectivity index (χ1) is 16.7. The third kappa shape index (κ3) is 5.05. The van der Waals surface area contributed by atoms with Crippen LogP contribution in [0.3, 0.4) is 0 Å². The summed E-state index contributed by atoms with van der Waals surface area (Å²) in [5.41, 5.74) is -0.501. The molecule has 0 spiro atoms. The summed E-state index contributed by atoms with van der Waals surface area (Å²) in [6.45, 7) is -0.723. The van der Waals surface area contributed by atoms with Crippen LogP contribution in [0.2, 0.25) is 0 Å². The number of ether oxygens (including phenoxy) is 1. The molecule has 0 aliphatic carbocycles. The van der Waals surface area contributed by atoms with E-state index in [1.54, 1.807) is 0 Å². The molecule has 16 heteroatoms. The summed E-state index contributed by atoms with van der Waals surface area (Å²) >= 11 is 0. The molecule has 3 heterocycles. The summed E-state index contributed by atoms with van der Waals surface area (Å²) in [4.78, 5) is 18.1. The van der Waals surface area contributed by atoms with E-state index < -0.39 is 45.4 Å². The fourth-order valence-electron chi connectivity index (χ4n) is 2.85. The van der Waals surface area contributed by atoms with Gasteiger partial charge in [0.05, 0.1) is 17.9 Å². The Morgan fingerprint density at radius 2 is 1.89 bits per heavy atom. The van der Waals surface area contributed by atoms with Crippen molar-refractivity contribution in [2.75, 3.05) is 26.0 Å². The number of terminal acetylenes is 1. The second-order valence-corrected chi connectivity index (χ2v) is 9.46. The monoisotopic (exact) mass is 532 g/mol. The highest BCUT2D eigenvalue weighted by molar-refractivity contribution is 7.91. The van der Waals surface area contributed by atoms with Crippen LogP contribution in [0.5, 0.6) is 5.88 Å². The van der Waals surface area contributed by atoms with E-state index in [0.29, 0.717) is 0 Å². The maximum Gasteiger partial charge on any atom is 0.456 e. The second-order valence-electron chi connectivity index (χ2n) is 7.26. The molecule has 0 radical (unpaired) electrons. The first-order valence-corrected chi connectivity index (χ1v) is 11.6. The van der Waals surface area contributed by atoms with Crippen LogP contribution in [-0.2, 0) is 9.84 Å². The normalized spacial score (nSPS) is 12.4. The molecule has 3 aromatic heterocycles. The molecule has 0 unspecified atom stereocenters. The number of rotatable bonds is 8. The van der Waals surface area contributed by atoms with Gasteiger partial charge in [-0.1, -0.05) is 12.8 Å². The third-order valence-electron chi connectivity index (χ3n) is 4.77. The summed E-state index contributed by atoms with van der Waals surface area (Å²) in [6.07, 6.45) is 0.638. The Hall–Kier alpha value is -3.87. The fraction of sp³-hybridized carbons (Fsp3) is 0.350. The number of hydrogen-bond donors (Lipinski definition) is 0. The number of carbonyl (C=O) groups excluding carboxylic acids is 1. The van der Waals surface area contributed by atoms with Crippen molar-refractivity contribution < 1.29 is 39.9 Å². The first-order valence-electron chi connectivity index (χ1n) is 9.94. The number of halogens is 5. The molecule has 3 aromatic rings. The van der Waals surface area contributed by atoms with Crippen molar-refractivity contribution in [2.45, 2.75) is 24.0 Å². The minimum Gasteiger partial charge on any atom is -0.470 e. The molecular weight excluding hydrogens is 515 g/mol. The molecule has 0 aliphatic rings. The standard InChI is InChI=1S/C20H17F5N6O4S/c1-4-10-30(3)18(32)13-8-9-26-16-15(17(29-31(13)16)36(33,34)5-2)12-6-7-14(28-27-12)35-11-19(21,22)20(23,24)25/h1,6-9H,5,10-11H2,2-3H3. The second kappa shape index (κ2) is 9.64. The molecule has 192 valence electrons. The van der Waals surface area contributed by atoms with Crippen LogP contribution in [0.15, 0.2) is 29.4 Å². The zero-order valence-corrected chi connectivity index (χ0v) is 19.4. The Kier molecular flexibility index (Phi) is 7.16. The SMILES string of the molecule is C#CCN(C)C(=O)c1ccnc2c(-c3ccc(OCC(F)(F)C(F)(F)F)nn3)c(S(=O)(=O)CC)nn12. The number of hydrogen-bond acceptors (Lipinski definition) is 8. The molecule has 36 heavy (non-hydrogen) atoms. The van der Waals surface area contributed by atoms with Crippen LogP contribution in [0, 0.1) is 12.3 Å². The van der Waals surface area contributed by atoms with E-state index >= 15 is 0 Å². The number of nitrogens with zero attached hydrogens (tertiary/aromatic N) is 6. The van der Waals surface area contributed by atoms with Crippen molar-refractivity contribution in [3.63, 3.8) is 0 Å². The van der Waals surface area contributed by atoms with Crippen molar-refractivity contribution in [3.8, 4) is 29.5 Å². The zero-order chi connectivity index (χ0) is 26.9. The predicted octanol–water partition coefficient (Wildman–Crippen LogP) is 2.26. The maximum absolute atomic E-state index is 13.1. The molecule has 0 saturated heterocycles. The molecule has 1 amide bonds. The molecule has 0 saturated carbocycles. The minimum atomic E-state index is -5.82. The van der Waals surface area contributed by atoms with Crippen LogP contribution in [0.25, 0.3) is 16.9 Å². The Balaban J connectivity index is 2.09. The van der Waals surface area contributed by atoms with E-state index in [1.807, 2.05) is 0 Å². The van der Waals surface area contributed by atoms with Crippen molar-refractivity contribution in [2.24, 2.45) is 0 Å². The lowest BCUT2D eigenvalue weighted by Gasteiger charge is -2.19. The van der Waals surface area contributed by atoms with Gasteiger partial charge in [-0.25, -0.2) is 17.9 Å². The van der Waals surface area contributed by atoms with Gasteiger partial charge in [0, 0.05) is 19.3 Å². The van der Waals surface area contributed by atoms with Gasteiger partial charge in [-0.15, -0.1) is 16.6 Å². The van der Waals surface area contributed by atoms with Gasteiger partial charge in [0.15, 0.2) is 27.1 Å². The highest BCUT2D eigenvalue weighted by Gasteiger charge is 2.58. The molecule has 0 aliphatic heterocycles.